The van der Waals surface area contributed by atoms with Gasteiger partial charge in [-0.25, -0.2) is 4.57 Å². The predicted octanol–water partition coefficient (Wildman–Crippen LogP) is 6.48. The van der Waals surface area contributed by atoms with Crippen LogP contribution in [0.25, 0.3) is 0 Å². The van der Waals surface area contributed by atoms with Crippen molar-refractivity contribution in [3.05, 3.63) is 0 Å². The molecule has 13 nitrogen and oxygen atoms in total. The van der Waals surface area contributed by atoms with Gasteiger partial charge in [0.2, 0.25) is 5.91 Å². The molecule has 1 rings (SSSR count). The summed E-state index contributed by atoms with van der Waals surface area (Å²) in [5, 5.41) is 74.4. The fourth-order valence-electron chi connectivity index (χ4n) is 7.30. The Balaban J connectivity index is 2.56. The van der Waals surface area contributed by atoms with Crippen LogP contribution >= 0.6 is 7.82 Å². The maximum atomic E-state index is 12.9. The van der Waals surface area contributed by atoms with Gasteiger partial charge < -0.3 is 46.0 Å². The number of phosphoric acid groups is 1. The third-order valence-electron chi connectivity index (χ3n) is 11.0. The molecule has 8 atom stereocenters. The molecule has 1 aliphatic rings. The van der Waals surface area contributed by atoms with E-state index >= 15 is 0 Å². The van der Waals surface area contributed by atoms with Crippen LogP contribution in [0.2, 0.25) is 0 Å². The number of nitrogens with one attached hydrogen (secondary N) is 1. The standard InChI is InChI=1S/C41H82NO12P/c1-3-5-7-9-11-13-15-16-17-18-19-21-23-25-27-29-34(44)33(31-53-55(51,52)54-41-39(49)37(47)36(46)38(48)40(41)50)42-35(45)30-32(43)28-26-24-22-20-14-12-10-8-6-4-2/h32-34,36-41,43-44,46-50H,3-31H2,1-2H3,(H,42,45)(H,51,52). The van der Waals surface area contributed by atoms with Crippen LogP contribution in [0.1, 0.15) is 194 Å². The molecule has 14 heteroatoms. The predicted molar refractivity (Wildman–Crippen MR) is 215 cm³/mol. The molecule has 8 unspecified atom stereocenters. The van der Waals surface area contributed by atoms with Crippen LogP contribution in [0.3, 0.4) is 0 Å². The monoisotopic (exact) mass is 812 g/mol. The summed E-state index contributed by atoms with van der Waals surface area (Å²) in [7, 11) is -5.11. The van der Waals surface area contributed by atoms with Crippen molar-refractivity contribution in [1.29, 1.82) is 0 Å². The lowest BCUT2D eigenvalue weighted by atomic mass is 9.85. The van der Waals surface area contributed by atoms with Crippen LogP contribution in [0.5, 0.6) is 0 Å². The van der Waals surface area contributed by atoms with Crippen molar-refractivity contribution >= 4 is 13.7 Å². The van der Waals surface area contributed by atoms with Gasteiger partial charge in [0, 0.05) is 0 Å². The Hall–Kier alpha value is -0.700. The Morgan fingerprint density at radius 2 is 0.909 bits per heavy atom. The quantitative estimate of drug-likeness (QED) is 0.0245. The van der Waals surface area contributed by atoms with Crippen molar-refractivity contribution in [3.63, 3.8) is 0 Å². The van der Waals surface area contributed by atoms with Gasteiger partial charge in [-0.05, 0) is 12.8 Å². The van der Waals surface area contributed by atoms with Gasteiger partial charge in [0.25, 0.3) is 0 Å². The molecular weight excluding hydrogens is 729 g/mol. The van der Waals surface area contributed by atoms with Gasteiger partial charge in [-0.1, -0.05) is 174 Å². The minimum Gasteiger partial charge on any atom is -0.393 e. The summed E-state index contributed by atoms with van der Waals surface area (Å²) in [6, 6.07) is -1.15. The Morgan fingerprint density at radius 1 is 0.564 bits per heavy atom. The number of phosphoric ester groups is 1. The molecule has 9 N–H and O–H groups in total. The van der Waals surface area contributed by atoms with E-state index in [9.17, 15) is 50.0 Å². The second-order valence-electron chi connectivity index (χ2n) is 16.1. The Bertz CT molecular complexity index is 964. The van der Waals surface area contributed by atoms with Crippen molar-refractivity contribution in [1.82, 2.24) is 5.32 Å². The molecule has 0 aromatic carbocycles. The number of aliphatic hydroxyl groups excluding tert-OH is 7. The van der Waals surface area contributed by atoms with Gasteiger partial charge in [-0.15, -0.1) is 0 Å². The summed E-state index contributed by atoms with van der Waals surface area (Å²) >= 11 is 0. The minimum atomic E-state index is -5.11. The van der Waals surface area contributed by atoms with E-state index in [0.29, 0.717) is 12.8 Å². The van der Waals surface area contributed by atoms with Gasteiger partial charge >= 0.3 is 7.82 Å². The molecule has 1 fully saturated rings. The average molecular weight is 812 g/mol. The molecule has 1 saturated carbocycles. The second-order valence-corrected chi connectivity index (χ2v) is 17.5. The van der Waals surface area contributed by atoms with Crippen LogP contribution in [0, 0.1) is 0 Å². The Labute approximate surface area is 332 Å². The maximum absolute atomic E-state index is 12.9. The summed E-state index contributed by atoms with van der Waals surface area (Å²) in [6.45, 7) is 3.76. The molecule has 0 aromatic rings. The van der Waals surface area contributed by atoms with E-state index < -0.39 is 75.2 Å². The van der Waals surface area contributed by atoms with Crippen molar-refractivity contribution in [2.45, 2.75) is 249 Å². The van der Waals surface area contributed by atoms with Crippen LogP contribution in [-0.4, -0.2) is 108 Å². The summed E-state index contributed by atoms with van der Waals surface area (Å²) < 4.78 is 22.9. The van der Waals surface area contributed by atoms with Gasteiger partial charge in [-0.3, -0.25) is 13.8 Å². The molecule has 0 aliphatic heterocycles. The average Bonchev–Trinajstić information content (AvgIpc) is 3.15. The van der Waals surface area contributed by atoms with Crippen molar-refractivity contribution in [2.24, 2.45) is 0 Å². The molecule has 0 spiro atoms. The fraction of sp³-hybridized carbons (Fsp3) is 0.976. The summed E-state index contributed by atoms with van der Waals surface area (Å²) in [5.41, 5.74) is 0. The van der Waals surface area contributed by atoms with Crippen molar-refractivity contribution in [3.8, 4) is 0 Å². The van der Waals surface area contributed by atoms with E-state index in [-0.39, 0.29) is 12.8 Å². The van der Waals surface area contributed by atoms with Crippen LogP contribution < -0.4 is 5.32 Å². The highest BCUT2D eigenvalue weighted by atomic mass is 31.2. The van der Waals surface area contributed by atoms with Gasteiger partial charge in [0.15, 0.2) is 0 Å². The lowest BCUT2D eigenvalue weighted by Gasteiger charge is -2.41. The van der Waals surface area contributed by atoms with E-state index in [1.165, 1.54) is 103 Å². The summed E-state index contributed by atoms with van der Waals surface area (Å²) in [5.74, 6) is -0.559. The first-order valence-electron chi connectivity index (χ1n) is 22.1. The number of aliphatic hydroxyl groups is 7. The van der Waals surface area contributed by atoms with Gasteiger partial charge in [-0.2, -0.15) is 0 Å². The molecule has 0 aromatic heterocycles. The number of carbonyl (C=O) groups excluding carboxylic acids is 1. The second kappa shape index (κ2) is 32.2. The SMILES string of the molecule is CCCCCCCCCCCCCCCCCC(O)C(COP(=O)(O)OC1C(O)C(O)C(O)C(O)C1O)NC(=O)CC(O)CCCCCCCCCCCC. The molecule has 0 bridgehead atoms. The number of hydrogen-bond acceptors (Lipinski definition) is 11. The van der Waals surface area contributed by atoms with E-state index in [2.05, 4.69) is 19.2 Å². The normalized spacial score (nSPS) is 24.3. The minimum absolute atomic E-state index is 0.217. The van der Waals surface area contributed by atoms with E-state index in [1.807, 2.05) is 0 Å². The number of rotatable bonds is 36. The van der Waals surface area contributed by atoms with E-state index in [1.54, 1.807) is 0 Å². The maximum Gasteiger partial charge on any atom is 0.472 e. The number of carbonyl (C=O) groups is 1. The van der Waals surface area contributed by atoms with Crippen LogP contribution in [0.15, 0.2) is 0 Å². The molecule has 1 aliphatic carbocycles. The topological polar surface area (TPSA) is 226 Å². The molecule has 0 radical (unpaired) electrons. The van der Waals surface area contributed by atoms with Crippen LogP contribution in [0.4, 0.5) is 0 Å². The third-order valence-corrected chi connectivity index (χ3v) is 12.0. The van der Waals surface area contributed by atoms with Crippen molar-refractivity contribution in [2.75, 3.05) is 6.61 Å². The third kappa shape index (κ3) is 24.7. The number of unbranched alkanes of at least 4 members (excludes halogenated alkanes) is 23. The van der Waals surface area contributed by atoms with E-state index in [4.69, 9.17) is 9.05 Å². The first-order valence-corrected chi connectivity index (χ1v) is 23.6. The summed E-state index contributed by atoms with van der Waals surface area (Å²) in [6.07, 6.45) is 15.9. The van der Waals surface area contributed by atoms with Crippen LogP contribution in [-0.2, 0) is 18.4 Å². The highest BCUT2D eigenvalue weighted by Crippen LogP contribution is 2.47. The molecule has 0 heterocycles. The first-order chi connectivity index (χ1) is 26.3. The lowest BCUT2D eigenvalue weighted by molar-refractivity contribution is -0.220. The molecule has 1 amide bonds. The summed E-state index contributed by atoms with van der Waals surface area (Å²) in [4.78, 5) is 23.4. The highest BCUT2D eigenvalue weighted by molar-refractivity contribution is 7.47. The largest absolute Gasteiger partial charge is 0.472 e. The zero-order valence-electron chi connectivity index (χ0n) is 34.4. The lowest BCUT2D eigenvalue weighted by Crippen LogP contribution is -2.64. The molecule has 55 heavy (non-hydrogen) atoms. The number of amides is 1. The zero-order valence-corrected chi connectivity index (χ0v) is 35.3. The molecule has 328 valence electrons. The Morgan fingerprint density at radius 3 is 1.31 bits per heavy atom. The molecule has 0 saturated heterocycles. The highest BCUT2D eigenvalue weighted by Gasteiger charge is 2.51. The smallest absolute Gasteiger partial charge is 0.393 e. The van der Waals surface area contributed by atoms with Gasteiger partial charge in [0.1, 0.15) is 36.6 Å². The van der Waals surface area contributed by atoms with Gasteiger partial charge in [0.05, 0.1) is 31.3 Å². The Kier molecular flexibility index (Phi) is 30.6. The number of hydrogen-bond donors (Lipinski definition) is 9. The molecular formula is C41H82NO12P. The van der Waals surface area contributed by atoms with E-state index in [0.717, 1.165) is 51.4 Å². The fourth-order valence-corrected chi connectivity index (χ4v) is 8.27. The first kappa shape index (κ1) is 52.3. The van der Waals surface area contributed by atoms with Crippen molar-refractivity contribution < 1.29 is 59.0 Å². The zero-order chi connectivity index (χ0) is 40.9.